The molecule has 0 saturated carbocycles. The van der Waals surface area contributed by atoms with Crippen LogP contribution in [0.5, 0.6) is 5.75 Å². The van der Waals surface area contributed by atoms with Crippen LogP contribution in [-0.2, 0) is 4.79 Å². The van der Waals surface area contributed by atoms with Crippen LogP contribution in [0.3, 0.4) is 0 Å². The first-order valence-electron chi connectivity index (χ1n) is 8.11. The van der Waals surface area contributed by atoms with Crippen molar-refractivity contribution in [3.8, 4) is 5.75 Å². The minimum absolute atomic E-state index is 0.137. The summed E-state index contributed by atoms with van der Waals surface area (Å²) in [6, 6.07) is 15.5. The Bertz CT molecular complexity index is 858. The number of nitrogens with zero attached hydrogens (tertiary/aromatic N) is 2. The van der Waals surface area contributed by atoms with Crippen LogP contribution in [0, 0.1) is 6.92 Å². The first-order valence-corrected chi connectivity index (χ1v) is 9.10. The molecule has 1 heterocycles. The van der Waals surface area contributed by atoms with Gasteiger partial charge in [0.05, 0.1) is 12.8 Å². The van der Waals surface area contributed by atoms with E-state index in [-0.39, 0.29) is 5.91 Å². The van der Waals surface area contributed by atoms with Gasteiger partial charge in [-0.25, -0.2) is 9.89 Å². The number of amidine groups is 1. The van der Waals surface area contributed by atoms with Gasteiger partial charge < -0.3 is 4.74 Å². The van der Waals surface area contributed by atoms with Gasteiger partial charge in [-0.05, 0) is 36.4 Å². The van der Waals surface area contributed by atoms with Crippen molar-refractivity contribution >= 4 is 34.6 Å². The number of thioether (sulfide) groups is 1. The molecule has 0 spiro atoms. The molecule has 0 aliphatic carbocycles. The maximum atomic E-state index is 13.0. The van der Waals surface area contributed by atoms with Gasteiger partial charge in [-0.3, -0.25) is 4.79 Å². The van der Waals surface area contributed by atoms with Gasteiger partial charge in [0.1, 0.15) is 11.4 Å². The Morgan fingerprint density at radius 1 is 1.20 bits per heavy atom. The lowest BCUT2D eigenvalue weighted by atomic mass is 10.1. The zero-order chi connectivity index (χ0) is 17.8. The van der Waals surface area contributed by atoms with E-state index in [2.05, 4.69) is 4.99 Å². The third kappa shape index (κ3) is 3.61. The summed E-state index contributed by atoms with van der Waals surface area (Å²) < 4.78 is 5.42. The molecule has 3 rings (SSSR count). The van der Waals surface area contributed by atoms with Crippen molar-refractivity contribution in [2.75, 3.05) is 17.8 Å². The number of hydrogen-bond donors (Lipinski definition) is 0. The van der Waals surface area contributed by atoms with Crippen molar-refractivity contribution in [3.05, 3.63) is 65.4 Å². The largest absolute Gasteiger partial charge is 0.495 e. The number of carbonyl (C=O) groups excluding carboxylic acids is 1. The van der Waals surface area contributed by atoms with E-state index in [4.69, 9.17) is 4.74 Å². The summed E-state index contributed by atoms with van der Waals surface area (Å²) in [5.41, 5.74) is 3.26. The summed E-state index contributed by atoms with van der Waals surface area (Å²) >= 11 is 1.54. The fourth-order valence-electron chi connectivity index (χ4n) is 2.67. The summed E-state index contributed by atoms with van der Waals surface area (Å²) in [5.74, 6) is 1.34. The van der Waals surface area contributed by atoms with E-state index >= 15 is 0 Å². The van der Waals surface area contributed by atoms with E-state index < -0.39 is 0 Å². The predicted molar refractivity (Wildman–Crippen MR) is 105 cm³/mol. The number of carbonyl (C=O) groups is 1. The van der Waals surface area contributed by atoms with Gasteiger partial charge in [0, 0.05) is 0 Å². The monoisotopic (exact) mass is 352 g/mol. The average Bonchev–Trinajstić information content (AvgIpc) is 2.90. The highest BCUT2D eigenvalue weighted by molar-refractivity contribution is 8.14. The number of methoxy groups -OCH3 is 1. The smallest absolute Gasteiger partial charge is 0.283 e. The molecule has 5 heteroatoms. The molecular formula is C20H20N2O2S. The molecule has 1 amide bonds. The SMILES string of the molecule is CCSC1=NC(=Cc2cccc(C)c2)C(=O)N1c1ccccc1OC. The van der Waals surface area contributed by atoms with Crippen LogP contribution in [0.25, 0.3) is 6.08 Å². The second kappa shape index (κ2) is 7.57. The lowest BCUT2D eigenvalue weighted by Gasteiger charge is -2.19. The van der Waals surface area contributed by atoms with Crippen molar-refractivity contribution in [2.24, 2.45) is 4.99 Å². The number of rotatable bonds is 4. The van der Waals surface area contributed by atoms with E-state index in [1.165, 1.54) is 0 Å². The quantitative estimate of drug-likeness (QED) is 0.761. The molecule has 0 radical (unpaired) electrons. The highest BCUT2D eigenvalue weighted by Crippen LogP contribution is 2.35. The van der Waals surface area contributed by atoms with Crippen LogP contribution in [0.1, 0.15) is 18.1 Å². The molecule has 2 aromatic carbocycles. The van der Waals surface area contributed by atoms with Gasteiger partial charge in [-0.2, -0.15) is 0 Å². The number of aliphatic imine (C=N–C) groups is 1. The Morgan fingerprint density at radius 2 is 2.00 bits per heavy atom. The fraction of sp³-hybridized carbons (Fsp3) is 0.200. The lowest BCUT2D eigenvalue weighted by Crippen LogP contribution is -2.30. The summed E-state index contributed by atoms with van der Waals surface area (Å²) in [7, 11) is 1.60. The van der Waals surface area contributed by atoms with Crippen LogP contribution in [0.15, 0.2) is 59.2 Å². The minimum atomic E-state index is -0.137. The Kier molecular flexibility index (Phi) is 5.24. The fourth-order valence-corrected chi connectivity index (χ4v) is 3.40. The topological polar surface area (TPSA) is 41.9 Å². The molecule has 1 aliphatic heterocycles. The van der Waals surface area contributed by atoms with Gasteiger partial charge in [-0.1, -0.05) is 60.6 Å². The zero-order valence-electron chi connectivity index (χ0n) is 14.5. The Morgan fingerprint density at radius 3 is 2.72 bits per heavy atom. The van der Waals surface area contributed by atoms with Gasteiger partial charge in [-0.15, -0.1) is 0 Å². The number of aryl methyl sites for hydroxylation is 1. The highest BCUT2D eigenvalue weighted by atomic mass is 32.2. The number of para-hydroxylation sites is 2. The van der Waals surface area contributed by atoms with E-state index in [1.54, 1.807) is 23.8 Å². The third-order valence-corrected chi connectivity index (χ3v) is 4.60. The van der Waals surface area contributed by atoms with Crippen LogP contribution in [-0.4, -0.2) is 23.9 Å². The van der Waals surface area contributed by atoms with Gasteiger partial charge in [0.2, 0.25) is 0 Å². The molecule has 2 aromatic rings. The predicted octanol–water partition coefficient (Wildman–Crippen LogP) is 4.50. The Labute approximate surface area is 152 Å². The normalized spacial score (nSPS) is 15.6. The second-order valence-corrected chi connectivity index (χ2v) is 6.81. The van der Waals surface area contributed by atoms with Crippen molar-refractivity contribution in [2.45, 2.75) is 13.8 Å². The highest BCUT2D eigenvalue weighted by Gasteiger charge is 2.33. The summed E-state index contributed by atoms with van der Waals surface area (Å²) in [5, 5.41) is 0.677. The maximum Gasteiger partial charge on any atom is 0.283 e. The standard InChI is InChI=1S/C20H20N2O2S/c1-4-25-20-21-16(13-15-9-7-8-14(2)12-15)19(23)22(20)17-10-5-6-11-18(17)24-3/h5-13H,4H2,1-3H3. The summed E-state index contributed by atoms with van der Waals surface area (Å²) in [4.78, 5) is 19.2. The molecule has 25 heavy (non-hydrogen) atoms. The van der Waals surface area contributed by atoms with Gasteiger partial charge in [0.25, 0.3) is 5.91 Å². The molecule has 0 saturated heterocycles. The van der Waals surface area contributed by atoms with Crippen molar-refractivity contribution < 1.29 is 9.53 Å². The molecule has 128 valence electrons. The van der Waals surface area contributed by atoms with E-state index in [0.29, 0.717) is 22.3 Å². The summed E-state index contributed by atoms with van der Waals surface area (Å²) in [6.07, 6.45) is 1.83. The molecule has 0 unspecified atom stereocenters. The number of benzene rings is 2. The minimum Gasteiger partial charge on any atom is -0.495 e. The third-order valence-electron chi connectivity index (χ3n) is 3.77. The van der Waals surface area contributed by atoms with E-state index in [0.717, 1.165) is 16.9 Å². The van der Waals surface area contributed by atoms with Crippen LogP contribution in [0.4, 0.5) is 5.69 Å². The molecule has 0 fully saturated rings. The first kappa shape index (κ1) is 17.3. The molecule has 0 bridgehead atoms. The number of amides is 1. The van der Waals surface area contributed by atoms with E-state index in [1.807, 2.05) is 68.5 Å². The number of hydrogen-bond acceptors (Lipinski definition) is 4. The second-order valence-electron chi connectivity index (χ2n) is 5.58. The zero-order valence-corrected chi connectivity index (χ0v) is 15.3. The Hall–Kier alpha value is -2.53. The average molecular weight is 352 g/mol. The molecular weight excluding hydrogens is 332 g/mol. The molecule has 0 atom stereocenters. The van der Waals surface area contributed by atoms with Crippen molar-refractivity contribution in [3.63, 3.8) is 0 Å². The molecule has 0 N–H and O–H groups in total. The number of anilines is 1. The van der Waals surface area contributed by atoms with Gasteiger partial charge >= 0.3 is 0 Å². The van der Waals surface area contributed by atoms with E-state index in [9.17, 15) is 4.79 Å². The van der Waals surface area contributed by atoms with Crippen LogP contribution < -0.4 is 9.64 Å². The number of ether oxygens (including phenoxy) is 1. The van der Waals surface area contributed by atoms with Crippen LogP contribution in [0.2, 0.25) is 0 Å². The Balaban J connectivity index is 2.03. The molecule has 4 nitrogen and oxygen atoms in total. The van der Waals surface area contributed by atoms with Crippen LogP contribution >= 0.6 is 11.8 Å². The molecule has 1 aliphatic rings. The lowest BCUT2D eigenvalue weighted by molar-refractivity contribution is -0.113. The molecule has 0 aromatic heterocycles. The van der Waals surface area contributed by atoms with Crippen molar-refractivity contribution in [1.29, 1.82) is 0 Å². The van der Waals surface area contributed by atoms with Crippen molar-refractivity contribution in [1.82, 2.24) is 0 Å². The first-order chi connectivity index (χ1) is 12.1. The maximum absolute atomic E-state index is 13.0. The van der Waals surface area contributed by atoms with Gasteiger partial charge in [0.15, 0.2) is 5.17 Å². The summed E-state index contributed by atoms with van der Waals surface area (Å²) in [6.45, 7) is 4.07.